The van der Waals surface area contributed by atoms with E-state index in [0.717, 1.165) is 18.2 Å². The zero-order chi connectivity index (χ0) is 16.2. The number of hydrogen-bond donors (Lipinski definition) is 1. The third-order valence-electron chi connectivity index (χ3n) is 2.38. The van der Waals surface area contributed by atoms with Gasteiger partial charge in [-0.1, -0.05) is 0 Å². The van der Waals surface area contributed by atoms with Gasteiger partial charge in [-0.05, 0) is 36.4 Å². The molecule has 22 heavy (non-hydrogen) atoms. The average Bonchev–Trinajstić information content (AvgIpc) is 2.43. The maximum absolute atomic E-state index is 13.5. The van der Waals surface area contributed by atoms with Crippen LogP contribution in [0.2, 0.25) is 0 Å². The lowest BCUT2D eigenvalue weighted by atomic mass is 10.3. The van der Waals surface area contributed by atoms with Crippen molar-refractivity contribution in [3.63, 3.8) is 0 Å². The number of rotatable bonds is 5. The van der Waals surface area contributed by atoms with Crippen molar-refractivity contribution in [1.82, 2.24) is 0 Å². The van der Waals surface area contributed by atoms with Gasteiger partial charge in [-0.2, -0.15) is 0 Å². The summed E-state index contributed by atoms with van der Waals surface area (Å²) in [7, 11) is 0.332. The topological polar surface area (TPSA) is 47.9 Å². The smallest absolute Gasteiger partial charge is 0.535 e. The molecular formula is C13H8BF4O4. The second kappa shape index (κ2) is 6.57. The number of hydrogen-bond acceptors (Lipinski definition) is 4. The van der Waals surface area contributed by atoms with Crippen molar-refractivity contribution in [2.75, 3.05) is 0 Å². The molecule has 9 heteroatoms. The van der Waals surface area contributed by atoms with Crippen LogP contribution in [0.25, 0.3) is 0 Å². The number of ether oxygens (including phenoxy) is 2. The second-order valence-corrected chi connectivity index (χ2v) is 3.94. The molecule has 0 heterocycles. The zero-order valence-corrected chi connectivity index (χ0v) is 10.8. The molecule has 0 aliphatic carbocycles. The van der Waals surface area contributed by atoms with Crippen LogP contribution >= 0.6 is 0 Å². The molecule has 0 aromatic heterocycles. The van der Waals surface area contributed by atoms with Gasteiger partial charge in [0.25, 0.3) is 0 Å². The minimum atomic E-state index is -4.77. The van der Waals surface area contributed by atoms with Gasteiger partial charge in [-0.15, -0.1) is 13.2 Å². The summed E-state index contributed by atoms with van der Waals surface area (Å²) >= 11 is 0. The molecule has 2 aromatic rings. The van der Waals surface area contributed by atoms with Crippen molar-refractivity contribution in [1.29, 1.82) is 0 Å². The molecule has 0 bridgehead atoms. The maximum Gasteiger partial charge on any atom is 0.573 e. The lowest BCUT2D eigenvalue weighted by molar-refractivity contribution is -0.274. The predicted molar refractivity (Wildman–Crippen MR) is 68.2 cm³/mol. The van der Waals surface area contributed by atoms with Gasteiger partial charge >= 0.3 is 14.0 Å². The van der Waals surface area contributed by atoms with E-state index in [2.05, 4.69) is 9.39 Å². The van der Waals surface area contributed by atoms with Gasteiger partial charge in [0.2, 0.25) is 0 Å². The third-order valence-corrected chi connectivity index (χ3v) is 2.38. The summed E-state index contributed by atoms with van der Waals surface area (Å²) in [4.78, 5) is 0. The highest BCUT2D eigenvalue weighted by molar-refractivity contribution is 6.17. The summed E-state index contributed by atoms with van der Waals surface area (Å²) in [5.41, 5.74) is 0. The Bertz CT molecular complexity index is 631. The van der Waals surface area contributed by atoms with Gasteiger partial charge in [-0.25, -0.2) is 4.39 Å². The third kappa shape index (κ3) is 4.56. The molecule has 2 rings (SSSR count). The van der Waals surface area contributed by atoms with Gasteiger partial charge in [0.15, 0.2) is 5.82 Å². The molecule has 0 spiro atoms. The fraction of sp³-hybridized carbons (Fsp3) is 0.0769. The Kier molecular flexibility index (Phi) is 4.76. The average molecular weight is 315 g/mol. The fourth-order valence-electron chi connectivity index (χ4n) is 1.54. The van der Waals surface area contributed by atoms with Crippen molar-refractivity contribution in [3.05, 3.63) is 48.3 Å². The Morgan fingerprint density at radius 1 is 0.909 bits per heavy atom. The maximum atomic E-state index is 13.5. The Morgan fingerprint density at radius 3 is 2.05 bits per heavy atom. The van der Waals surface area contributed by atoms with E-state index in [0.29, 0.717) is 7.69 Å². The Balaban J connectivity index is 2.06. The van der Waals surface area contributed by atoms with Gasteiger partial charge in [0.1, 0.15) is 23.0 Å². The first kappa shape index (κ1) is 16.0. The highest BCUT2D eigenvalue weighted by atomic mass is 19.4. The SMILES string of the molecule is O[B]Oc1ccc(Oc2ccc(OC(F)(F)F)cc2)cc1F. The quantitative estimate of drug-likeness (QED) is 0.678. The fourth-order valence-corrected chi connectivity index (χ4v) is 1.54. The Morgan fingerprint density at radius 2 is 1.50 bits per heavy atom. The molecule has 0 fully saturated rings. The largest absolute Gasteiger partial charge is 0.573 e. The van der Waals surface area contributed by atoms with E-state index in [1.165, 1.54) is 24.3 Å². The van der Waals surface area contributed by atoms with E-state index in [9.17, 15) is 17.6 Å². The first-order chi connectivity index (χ1) is 10.4. The highest BCUT2D eigenvalue weighted by Crippen LogP contribution is 2.29. The summed E-state index contributed by atoms with van der Waals surface area (Å²) in [6.07, 6.45) is -4.77. The van der Waals surface area contributed by atoms with Gasteiger partial charge in [-0.3, -0.25) is 0 Å². The molecule has 0 amide bonds. The molecule has 2 aromatic carbocycles. The monoisotopic (exact) mass is 315 g/mol. The van der Waals surface area contributed by atoms with E-state index in [-0.39, 0.29) is 17.2 Å². The molecule has 1 N–H and O–H groups in total. The van der Waals surface area contributed by atoms with E-state index in [1.807, 2.05) is 0 Å². The van der Waals surface area contributed by atoms with E-state index < -0.39 is 17.9 Å². The molecular weight excluding hydrogens is 307 g/mol. The summed E-state index contributed by atoms with van der Waals surface area (Å²) < 4.78 is 63.0. The molecule has 0 atom stereocenters. The van der Waals surface area contributed by atoms with Crippen LogP contribution < -0.4 is 14.1 Å². The predicted octanol–water partition coefficient (Wildman–Crippen LogP) is 3.42. The van der Waals surface area contributed by atoms with Crippen LogP contribution in [0.1, 0.15) is 0 Å². The van der Waals surface area contributed by atoms with Crippen LogP contribution in [0.4, 0.5) is 17.6 Å². The molecule has 115 valence electrons. The molecule has 0 aliphatic rings. The van der Waals surface area contributed by atoms with Crippen molar-refractivity contribution in [2.24, 2.45) is 0 Å². The van der Waals surface area contributed by atoms with Crippen molar-refractivity contribution in [3.8, 4) is 23.0 Å². The molecule has 0 unspecified atom stereocenters. The van der Waals surface area contributed by atoms with Crippen molar-refractivity contribution >= 4 is 7.69 Å². The molecule has 0 aliphatic heterocycles. The van der Waals surface area contributed by atoms with Crippen LogP contribution in [-0.4, -0.2) is 19.1 Å². The minimum Gasteiger partial charge on any atom is -0.535 e. The summed E-state index contributed by atoms with van der Waals surface area (Å²) in [6.45, 7) is 0. The molecule has 4 nitrogen and oxygen atoms in total. The normalized spacial score (nSPS) is 11.0. The zero-order valence-electron chi connectivity index (χ0n) is 10.8. The van der Waals surface area contributed by atoms with Gasteiger partial charge < -0.3 is 19.2 Å². The lowest BCUT2D eigenvalue weighted by Gasteiger charge is -2.10. The molecule has 0 saturated carbocycles. The lowest BCUT2D eigenvalue weighted by Crippen LogP contribution is -2.16. The van der Waals surface area contributed by atoms with Crippen LogP contribution in [-0.2, 0) is 0 Å². The summed E-state index contributed by atoms with van der Waals surface area (Å²) in [5.74, 6) is -1.08. The Labute approximate surface area is 123 Å². The Hall–Kier alpha value is -2.42. The van der Waals surface area contributed by atoms with Crippen molar-refractivity contribution in [2.45, 2.75) is 6.36 Å². The van der Waals surface area contributed by atoms with E-state index >= 15 is 0 Å². The first-order valence-corrected chi connectivity index (χ1v) is 5.83. The molecule has 1 radical (unpaired) electrons. The standard InChI is InChI=1S/C13H8BF4O4/c15-11-7-10(5-6-12(11)22-14-19)20-8-1-3-9(4-2-8)21-13(16,17)18/h1-7,19H. The van der Waals surface area contributed by atoms with Gasteiger partial charge in [0, 0.05) is 6.07 Å². The first-order valence-electron chi connectivity index (χ1n) is 5.83. The number of alkyl halides is 3. The molecule has 0 saturated heterocycles. The highest BCUT2D eigenvalue weighted by Gasteiger charge is 2.30. The second-order valence-electron chi connectivity index (χ2n) is 3.94. The van der Waals surface area contributed by atoms with Crippen LogP contribution in [0.15, 0.2) is 42.5 Å². The van der Waals surface area contributed by atoms with Crippen LogP contribution in [0.3, 0.4) is 0 Å². The summed E-state index contributed by atoms with van der Waals surface area (Å²) in [5, 5.41) is 8.42. The van der Waals surface area contributed by atoms with Crippen LogP contribution in [0.5, 0.6) is 23.0 Å². The summed E-state index contributed by atoms with van der Waals surface area (Å²) in [6, 6.07) is 8.20. The van der Waals surface area contributed by atoms with Crippen molar-refractivity contribution < 1.29 is 36.7 Å². The minimum absolute atomic E-state index is 0.104. The van der Waals surface area contributed by atoms with E-state index in [4.69, 9.17) is 9.76 Å². The van der Waals surface area contributed by atoms with Crippen LogP contribution in [0, 0.1) is 5.82 Å². The van der Waals surface area contributed by atoms with E-state index in [1.54, 1.807) is 0 Å². The number of benzene rings is 2. The number of halogens is 4. The van der Waals surface area contributed by atoms with Gasteiger partial charge in [0.05, 0.1) is 0 Å².